The predicted molar refractivity (Wildman–Crippen MR) is 53.3 cm³/mol. The third kappa shape index (κ3) is 2.81. The third-order valence-corrected chi connectivity index (χ3v) is 3.36. The fraction of sp³-hybridized carbons (Fsp3) is 0.625. The summed E-state index contributed by atoms with van der Waals surface area (Å²) in [7, 11) is -3.41. The first-order valence-corrected chi connectivity index (χ1v) is 6.06. The molecule has 1 atom stereocenters. The van der Waals surface area contributed by atoms with Crippen molar-refractivity contribution >= 4 is 10.0 Å². The van der Waals surface area contributed by atoms with Gasteiger partial charge in [-0.3, -0.25) is 5.10 Å². The van der Waals surface area contributed by atoms with E-state index in [2.05, 4.69) is 14.9 Å². The molecule has 1 unspecified atom stereocenters. The lowest BCUT2D eigenvalue weighted by molar-refractivity contribution is 0.540. The van der Waals surface area contributed by atoms with Crippen LogP contribution in [0.25, 0.3) is 0 Å². The van der Waals surface area contributed by atoms with E-state index < -0.39 is 10.0 Å². The summed E-state index contributed by atoms with van der Waals surface area (Å²) in [6.45, 7) is 3.86. The molecule has 1 heterocycles. The minimum absolute atomic E-state index is 0.0479. The van der Waals surface area contributed by atoms with E-state index in [1.807, 2.05) is 13.8 Å². The molecule has 0 spiro atoms. The number of nitrogens with zero attached hydrogens (tertiary/aromatic N) is 1. The van der Waals surface area contributed by atoms with Crippen LogP contribution in [-0.2, 0) is 10.0 Å². The highest BCUT2D eigenvalue weighted by Crippen LogP contribution is 2.05. The molecular weight excluding hydrogens is 202 g/mol. The maximum Gasteiger partial charge on any atom is 0.257 e. The average Bonchev–Trinajstić information content (AvgIpc) is 2.54. The monoisotopic (exact) mass is 217 g/mol. The van der Waals surface area contributed by atoms with Crippen LogP contribution in [0.15, 0.2) is 17.3 Å². The molecule has 0 saturated carbocycles. The van der Waals surface area contributed by atoms with Crippen LogP contribution in [0, 0.1) is 0 Å². The molecule has 0 bridgehead atoms. The van der Waals surface area contributed by atoms with Crippen molar-refractivity contribution in [2.24, 2.45) is 0 Å². The van der Waals surface area contributed by atoms with Crippen LogP contribution in [-0.4, -0.2) is 24.7 Å². The second-order valence-electron chi connectivity index (χ2n) is 3.23. The number of hydrogen-bond acceptors (Lipinski definition) is 3. The quantitative estimate of drug-likeness (QED) is 0.768. The molecule has 0 aliphatic rings. The first kappa shape index (κ1) is 11.2. The topological polar surface area (TPSA) is 74.8 Å². The maximum absolute atomic E-state index is 11.6. The zero-order valence-electron chi connectivity index (χ0n) is 8.32. The molecule has 0 aliphatic carbocycles. The van der Waals surface area contributed by atoms with Gasteiger partial charge in [-0.05, 0) is 19.4 Å². The number of rotatable bonds is 5. The van der Waals surface area contributed by atoms with Crippen molar-refractivity contribution in [3.8, 4) is 0 Å². The van der Waals surface area contributed by atoms with Crippen LogP contribution < -0.4 is 4.72 Å². The van der Waals surface area contributed by atoms with Gasteiger partial charge in [-0.1, -0.05) is 13.3 Å². The minimum Gasteiger partial charge on any atom is -0.266 e. The van der Waals surface area contributed by atoms with Crippen molar-refractivity contribution in [3.63, 3.8) is 0 Å². The van der Waals surface area contributed by atoms with Gasteiger partial charge in [-0.15, -0.1) is 0 Å². The Morgan fingerprint density at radius 2 is 2.36 bits per heavy atom. The Balaban J connectivity index is 2.68. The van der Waals surface area contributed by atoms with E-state index in [4.69, 9.17) is 0 Å². The van der Waals surface area contributed by atoms with Crippen molar-refractivity contribution < 1.29 is 8.42 Å². The minimum atomic E-state index is -3.41. The van der Waals surface area contributed by atoms with Gasteiger partial charge in [-0.25, -0.2) is 13.1 Å². The van der Waals surface area contributed by atoms with Gasteiger partial charge in [-0.2, -0.15) is 5.10 Å². The van der Waals surface area contributed by atoms with Crippen LogP contribution in [0.4, 0.5) is 0 Å². The van der Waals surface area contributed by atoms with Crippen molar-refractivity contribution in [1.29, 1.82) is 0 Å². The summed E-state index contributed by atoms with van der Waals surface area (Å²) in [6, 6.07) is 1.38. The molecule has 0 aliphatic heterocycles. The van der Waals surface area contributed by atoms with Crippen molar-refractivity contribution in [3.05, 3.63) is 12.3 Å². The molecule has 80 valence electrons. The molecule has 0 amide bonds. The molecule has 14 heavy (non-hydrogen) atoms. The second-order valence-corrected chi connectivity index (χ2v) is 4.91. The molecule has 2 N–H and O–H groups in total. The summed E-state index contributed by atoms with van der Waals surface area (Å²) < 4.78 is 25.8. The Bertz CT molecular complexity index is 358. The van der Waals surface area contributed by atoms with Gasteiger partial charge in [0, 0.05) is 6.04 Å². The lowest BCUT2D eigenvalue weighted by Crippen LogP contribution is -2.32. The summed E-state index contributed by atoms with van der Waals surface area (Å²) in [4.78, 5) is 0. The summed E-state index contributed by atoms with van der Waals surface area (Å²) in [5.74, 6) is 0. The number of sulfonamides is 1. The molecule has 0 radical (unpaired) electrons. The number of aromatic amines is 1. The number of nitrogens with one attached hydrogen (secondary N) is 2. The Morgan fingerprint density at radius 1 is 1.64 bits per heavy atom. The van der Waals surface area contributed by atoms with Gasteiger partial charge in [0.05, 0.1) is 6.20 Å². The Hall–Kier alpha value is -0.880. The average molecular weight is 217 g/mol. The van der Waals surface area contributed by atoms with E-state index in [0.717, 1.165) is 12.8 Å². The van der Waals surface area contributed by atoms with Crippen LogP contribution >= 0.6 is 0 Å². The Morgan fingerprint density at radius 3 is 2.86 bits per heavy atom. The Kier molecular flexibility index (Phi) is 3.65. The standard InChI is InChI=1S/C8H15N3O2S/c1-3-4-7(2)11-14(12,13)8-5-6-9-10-8/h5-7,11H,3-4H2,1-2H3,(H,9,10). The highest BCUT2D eigenvalue weighted by atomic mass is 32.2. The summed E-state index contributed by atoms with van der Waals surface area (Å²) in [5, 5.41) is 6.13. The van der Waals surface area contributed by atoms with Crippen molar-refractivity contribution in [1.82, 2.24) is 14.9 Å². The van der Waals surface area contributed by atoms with E-state index in [9.17, 15) is 8.42 Å². The van der Waals surface area contributed by atoms with E-state index >= 15 is 0 Å². The summed E-state index contributed by atoms with van der Waals surface area (Å²) >= 11 is 0. The van der Waals surface area contributed by atoms with Gasteiger partial charge in [0.15, 0.2) is 5.03 Å². The first-order chi connectivity index (χ1) is 6.56. The third-order valence-electron chi connectivity index (χ3n) is 1.84. The zero-order chi connectivity index (χ0) is 10.6. The Labute approximate surface area is 84.0 Å². The highest BCUT2D eigenvalue weighted by molar-refractivity contribution is 7.89. The normalized spacial score (nSPS) is 14.1. The van der Waals surface area contributed by atoms with Gasteiger partial charge in [0.1, 0.15) is 0 Å². The summed E-state index contributed by atoms with van der Waals surface area (Å²) in [6.07, 6.45) is 3.19. The molecule has 0 fully saturated rings. The van der Waals surface area contributed by atoms with Gasteiger partial charge in [0.2, 0.25) is 0 Å². The predicted octanol–water partition coefficient (Wildman–Crippen LogP) is 0.877. The fourth-order valence-corrected chi connectivity index (χ4v) is 2.40. The smallest absolute Gasteiger partial charge is 0.257 e. The maximum atomic E-state index is 11.6. The molecule has 0 saturated heterocycles. The molecule has 5 nitrogen and oxygen atoms in total. The van der Waals surface area contributed by atoms with Crippen LogP contribution in [0.3, 0.4) is 0 Å². The van der Waals surface area contributed by atoms with E-state index in [0.29, 0.717) is 0 Å². The molecule has 0 aromatic carbocycles. The molecule has 1 aromatic heterocycles. The molecule has 1 rings (SSSR count). The van der Waals surface area contributed by atoms with Gasteiger partial charge < -0.3 is 0 Å². The lowest BCUT2D eigenvalue weighted by Gasteiger charge is -2.11. The fourth-order valence-electron chi connectivity index (χ4n) is 1.21. The SMILES string of the molecule is CCCC(C)NS(=O)(=O)c1ccn[nH]1. The molecular formula is C8H15N3O2S. The van der Waals surface area contributed by atoms with E-state index in [1.54, 1.807) is 0 Å². The van der Waals surface area contributed by atoms with E-state index in [-0.39, 0.29) is 11.1 Å². The van der Waals surface area contributed by atoms with Gasteiger partial charge in [0.25, 0.3) is 10.0 Å². The number of H-pyrrole nitrogens is 1. The van der Waals surface area contributed by atoms with E-state index in [1.165, 1.54) is 12.3 Å². The van der Waals surface area contributed by atoms with Crippen LogP contribution in [0.2, 0.25) is 0 Å². The highest BCUT2D eigenvalue weighted by Gasteiger charge is 2.17. The zero-order valence-corrected chi connectivity index (χ0v) is 9.13. The van der Waals surface area contributed by atoms with Crippen molar-refractivity contribution in [2.75, 3.05) is 0 Å². The number of hydrogen-bond donors (Lipinski definition) is 2. The first-order valence-electron chi connectivity index (χ1n) is 4.58. The summed E-state index contributed by atoms with van der Waals surface area (Å²) in [5.41, 5.74) is 0. The van der Waals surface area contributed by atoms with Gasteiger partial charge >= 0.3 is 0 Å². The van der Waals surface area contributed by atoms with Crippen LogP contribution in [0.1, 0.15) is 26.7 Å². The van der Waals surface area contributed by atoms with Crippen LogP contribution in [0.5, 0.6) is 0 Å². The number of aromatic nitrogens is 2. The van der Waals surface area contributed by atoms with Crippen molar-refractivity contribution in [2.45, 2.75) is 37.8 Å². The largest absolute Gasteiger partial charge is 0.266 e. The molecule has 1 aromatic rings. The lowest BCUT2D eigenvalue weighted by atomic mass is 10.2. The second kappa shape index (κ2) is 4.56. The molecule has 6 heteroatoms.